The minimum absolute atomic E-state index is 0.000163. The third kappa shape index (κ3) is 3.32. The van der Waals surface area contributed by atoms with E-state index in [1.54, 1.807) is 0 Å². The highest BCUT2D eigenvalue weighted by Gasteiger charge is 2.38. The van der Waals surface area contributed by atoms with Gasteiger partial charge in [-0.3, -0.25) is 0 Å². The third-order valence-corrected chi connectivity index (χ3v) is 2.72. The molecule has 0 spiro atoms. The lowest BCUT2D eigenvalue weighted by Gasteiger charge is -2.16. The fraction of sp³-hybridized carbons (Fsp3) is 0.231. The van der Waals surface area contributed by atoms with E-state index in [4.69, 9.17) is 4.74 Å². The average Bonchev–Trinajstić information content (AvgIpc) is 2.72. The molecule has 0 amide bonds. The van der Waals surface area contributed by atoms with Crippen molar-refractivity contribution in [2.45, 2.75) is 12.4 Å². The molecular weight excluding hydrogens is 300 g/mol. The Kier molecular flexibility index (Phi) is 3.65. The van der Waals surface area contributed by atoms with Gasteiger partial charge in [-0.05, 0) is 24.3 Å². The van der Waals surface area contributed by atoms with Crippen LogP contribution in [-0.4, -0.2) is 4.57 Å². The van der Waals surface area contributed by atoms with Crippen molar-refractivity contribution in [3.8, 4) is 11.6 Å². The first-order chi connectivity index (χ1) is 9.59. The van der Waals surface area contributed by atoms with Crippen LogP contribution in [0.3, 0.4) is 0 Å². The Morgan fingerprint density at radius 2 is 1.62 bits per heavy atom. The topological polar surface area (TPSA) is 14.2 Å². The van der Waals surface area contributed by atoms with E-state index in [-0.39, 0.29) is 5.88 Å². The van der Waals surface area contributed by atoms with E-state index in [1.807, 2.05) is 0 Å². The highest BCUT2D eigenvalue weighted by atomic mass is 19.4. The second-order valence-corrected chi connectivity index (χ2v) is 4.27. The summed E-state index contributed by atoms with van der Waals surface area (Å²) in [5.41, 5.74) is -2.48. The first kappa shape index (κ1) is 15.3. The molecule has 0 saturated heterocycles. The molecule has 1 heterocycles. The Balaban J connectivity index is 2.51. The predicted octanol–water partition coefficient (Wildman–Crippen LogP) is 4.86. The summed E-state index contributed by atoms with van der Waals surface area (Å²) < 4.78 is 82.7. The van der Waals surface area contributed by atoms with E-state index in [1.165, 1.54) is 29.9 Å². The van der Waals surface area contributed by atoms with E-state index < -0.39 is 29.2 Å². The van der Waals surface area contributed by atoms with Gasteiger partial charge in [-0.25, -0.2) is 0 Å². The highest BCUT2D eigenvalue weighted by Crippen LogP contribution is 2.41. The van der Waals surface area contributed by atoms with Gasteiger partial charge in [-0.2, -0.15) is 26.3 Å². The largest absolute Gasteiger partial charge is 0.440 e. The molecular formula is C13H9F6NO. The molecule has 0 bridgehead atoms. The summed E-state index contributed by atoms with van der Waals surface area (Å²) in [5, 5.41) is 0. The zero-order valence-corrected chi connectivity index (χ0v) is 10.6. The van der Waals surface area contributed by atoms with Gasteiger partial charge in [0.15, 0.2) is 5.88 Å². The summed E-state index contributed by atoms with van der Waals surface area (Å²) in [6, 6.07) is 3.92. The van der Waals surface area contributed by atoms with Crippen molar-refractivity contribution in [1.29, 1.82) is 0 Å². The standard InChI is InChI=1S/C13H9F6NO/c1-20-6-2-3-11(20)21-10-7-8(12(14,15)16)4-5-9(10)13(17,18)19/h2-7H,1H3. The van der Waals surface area contributed by atoms with Crippen LogP contribution < -0.4 is 4.74 Å². The summed E-state index contributed by atoms with van der Waals surface area (Å²) >= 11 is 0. The van der Waals surface area contributed by atoms with Crippen LogP contribution in [0.1, 0.15) is 11.1 Å². The second-order valence-electron chi connectivity index (χ2n) is 4.27. The van der Waals surface area contributed by atoms with Crippen molar-refractivity contribution in [1.82, 2.24) is 4.57 Å². The number of hydrogen-bond acceptors (Lipinski definition) is 1. The summed E-state index contributed by atoms with van der Waals surface area (Å²) in [6.45, 7) is 0. The summed E-state index contributed by atoms with van der Waals surface area (Å²) in [6.07, 6.45) is -8.07. The lowest BCUT2D eigenvalue weighted by Crippen LogP contribution is -2.11. The summed E-state index contributed by atoms with van der Waals surface area (Å²) in [5.74, 6) is -0.890. The van der Waals surface area contributed by atoms with Gasteiger partial charge in [-0.1, -0.05) is 0 Å². The second kappa shape index (κ2) is 5.01. The number of alkyl halides is 6. The fourth-order valence-electron chi connectivity index (χ4n) is 1.68. The molecule has 0 aliphatic rings. The number of ether oxygens (including phenoxy) is 1. The Morgan fingerprint density at radius 1 is 0.952 bits per heavy atom. The van der Waals surface area contributed by atoms with E-state index in [2.05, 4.69) is 0 Å². The van der Waals surface area contributed by atoms with Gasteiger partial charge in [-0.15, -0.1) is 0 Å². The zero-order valence-electron chi connectivity index (χ0n) is 10.6. The SMILES string of the molecule is Cn1cccc1Oc1cc(C(F)(F)F)ccc1C(F)(F)F. The number of halogens is 6. The van der Waals surface area contributed by atoms with Crippen LogP contribution >= 0.6 is 0 Å². The lowest BCUT2D eigenvalue weighted by molar-refractivity contribution is -0.142. The molecule has 21 heavy (non-hydrogen) atoms. The monoisotopic (exact) mass is 309 g/mol. The summed E-state index contributed by atoms with van der Waals surface area (Å²) in [4.78, 5) is 0. The molecule has 0 N–H and O–H groups in total. The van der Waals surface area contributed by atoms with Crippen molar-refractivity contribution >= 4 is 0 Å². The molecule has 2 aromatic rings. The third-order valence-electron chi connectivity index (χ3n) is 2.72. The molecule has 2 rings (SSSR count). The van der Waals surface area contributed by atoms with Crippen LogP contribution in [0.2, 0.25) is 0 Å². The molecule has 0 saturated carbocycles. The van der Waals surface area contributed by atoms with Crippen molar-refractivity contribution < 1.29 is 31.1 Å². The molecule has 0 aliphatic heterocycles. The molecule has 0 fully saturated rings. The average molecular weight is 309 g/mol. The molecule has 0 atom stereocenters. The van der Waals surface area contributed by atoms with E-state index in [9.17, 15) is 26.3 Å². The van der Waals surface area contributed by atoms with Crippen molar-refractivity contribution in [2.75, 3.05) is 0 Å². The summed E-state index contributed by atoms with van der Waals surface area (Å²) in [7, 11) is 1.50. The number of rotatable bonds is 2. The van der Waals surface area contributed by atoms with Crippen LogP contribution in [0.4, 0.5) is 26.3 Å². The van der Waals surface area contributed by atoms with Gasteiger partial charge in [0, 0.05) is 19.3 Å². The Hall–Kier alpha value is -2.12. The maximum atomic E-state index is 12.8. The zero-order chi connectivity index (χ0) is 15.8. The van der Waals surface area contributed by atoms with Crippen LogP contribution in [0.5, 0.6) is 11.6 Å². The number of nitrogens with zero attached hydrogens (tertiary/aromatic N) is 1. The number of hydrogen-bond donors (Lipinski definition) is 0. The number of benzene rings is 1. The van der Waals surface area contributed by atoms with Gasteiger partial charge in [0.2, 0.25) is 0 Å². The Bertz CT molecular complexity index is 641. The van der Waals surface area contributed by atoms with Gasteiger partial charge in [0.25, 0.3) is 0 Å². The van der Waals surface area contributed by atoms with Crippen LogP contribution in [0, 0.1) is 0 Å². The first-order valence-corrected chi connectivity index (χ1v) is 5.66. The molecule has 0 unspecified atom stereocenters. The minimum Gasteiger partial charge on any atom is -0.440 e. The van der Waals surface area contributed by atoms with E-state index in [0.717, 1.165) is 0 Å². The predicted molar refractivity (Wildman–Crippen MR) is 61.9 cm³/mol. The number of aromatic nitrogens is 1. The maximum absolute atomic E-state index is 12.8. The normalized spacial score (nSPS) is 12.5. The molecule has 2 nitrogen and oxygen atoms in total. The molecule has 8 heteroatoms. The van der Waals surface area contributed by atoms with Crippen molar-refractivity contribution in [3.63, 3.8) is 0 Å². The Labute approximate surface area is 115 Å². The molecule has 114 valence electrons. The van der Waals surface area contributed by atoms with Gasteiger partial charge in [0.05, 0.1) is 11.1 Å². The van der Waals surface area contributed by atoms with E-state index in [0.29, 0.717) is 18.2 Å². The van der Waals surface area contributed by atoms with Crippen LogP contribution in [-0.2, 0) is 19.4 Å². The minimum atomic E-state index is -4.81. The Morgan fingerprint density at radius 3 is 2.10 bits per heavy atom. The molecule has 1 aromatic carbocycles. The smallest absolute Gasteiger partial charge is 0.419 e. The molecule has 0 aliphatic carbocycles. The van der Waals surface area contributed by atoms with Crippen molar-refractivity contribution in [2.24, 2.45) is 7.05 Å². The molecule has 0 radical (unpaired) electrons. The van der Waals surface area contributed by atoms with Crippen molar-refractivity contribution in [3.05, 3.63) is 47.7 Å². The highest BCUT2D eigenvalue weighted by molar-refractivity contribution is 5.42. The van der Waals surface area contributed by atoms with E-state index >= 15 is 0 Å². The van der Waals surface area contributed by atoms with Gasteiger partial charge >= 0.3 is 12.4 Å². The molecule has 1 aromatic heterocycles. The number of aryl methyl sites for hydroxylation is 1. The van der Waals surface area contributed by atoms with Gasteiger partial charge < -0.3 is 9.30 Å². The fourth-order valence-corrected chi connectivity index (χ4v) is 1.68. The van der Waals surface area contributed by atoms with Gasteiger partial charge in [0.1, 0.15) is 5.75 Å². The maximum Gasteiger partial charge on any atom is 0.419 e. The van der Waals surface area contributed by atoms with Crippen LogP contribution in [0.15, 0.2) is 36.5 Å². The lowest BCUT2D eigenvalue weighted by atomic mass is 10.1. The van der Waals surface area contributed by atoms with Crippen LogP contribution in [0.25, 0.3) is 0 Å². The quantitative estimate of drug-likeness (QED) is 0.723. The first-order valence-electron chi connectivity index (χ1n) is 5.66.